The Labute approximate surface area is 164 Å². The minimum absolute atomic E-state index is 0.318. The van der Waals surface area contributed by atoms with Crippen LogP contribution in [0.15, 0.2) is 60.9 Å². The van der Waals surface area contributed by atoms with Crippen molar-refractivity contribution in [1.29, 1.82) is 0 Å². The van der Waals surface area contributed by atoms with Crippen molar-refractivity contribution in [2.45, 2.75) is 0 Å². The maximum Gasteiger partial charge on any atom is 0.250 e. The molecule has 140 valence electrons. The van der Waals surface area contributed by atoms with Crippen molar-refractivity contribution in [3.63, 3.8) is 0 Å². The Kier molecular flexibility index (Phi) is 3.84. The third-order valence-corrected chi connectivity index (χ3v) is 4.73. The summed E-state index contributed by atoms with van der Waals surface area (Å²) in [7, 11) is 0. The van der Waals surface area contributed by atoms with E-state index in [0.717, 1.165) is 33.3 Å². The third-order valence-electron chi connectivity index (χ3n) is 4.73. The molecule has 0 spiro atoms. The molecule has 5 aromatic rings. The number of rotatable bonds is 4. The van der Waals surface area contributed by atoms with Gasteiger partial charge in [0.25, 0.3) is 5.91 Å². The average molecular weight is 382 g/mol. The van der Waals surface area contributed by atoms with Crippen LogP contribution in [-0.2, 0) is 0 Å². The lowest BCUT2D eigenvalue weighted by Gasteiger charge is -2.12. The van der Waals surface area contributed by atoms with Crippen LogP contribution in [0.3, 0.4) is 0 Å². The van der Waals surface area contributed by atoms with Crippen molar-refractivity contribution in [3.8, 4) is 33.8 Å². The first-order valence-corrected chi connectivity index (χ1v) is 8.78. The number of tetrazole rings is 1. The van der Waals surface area contributed by atoms with Gasteiger partial charge in [-0.2, -0.15) is 10.3 Å². The molecule has 0 aliphatic heterocycles. The Morgan fingerprint density at radius 1 is 0.966 bits per heavy atom. The molecule has 2 aromatic carbocycles. The Hall–Kier alpha value is -4.40. The number of hydrogen-bond acceptors (Lipinski definition) is 6. The molecular weight excluding hydrogens is 368 g/mol. The predicted molar refractivity (Wildman–Crippen MR) is 106 cm³/mol. The number of primary amides is 1. The van der Waals surface area contributed by atoms with E-state index in [9.17, 15) is 4.79 Å². The fourth-order valence-electron chi connectivity index (χ4n) is 3.39. The molecule has 3 heterocycles. The lowest BCUT2D eigenvalue weighted by molar-refractivity contribution is 0.100. The zero-order chi connectivity index (χ0) is 19.8. The highest BCUT2D eigenvalue weighted by molar-refractivity contribution is 6.04. The monoisotopic (exact) mass is 382 g/mol. The summed E-state index contributed by atoms with van der Waals surface area (Å²) in [4.78, 5) is 16.1. The summed E-state index contributed by atoms with van der Waals surface area (Å²) in [6, 6.07) is 15.3. The van der Waals surface area contributed by atoms with Crippen molar-refractivity contribution in [1.82, 2.24) is 35.8 Å². The van der Waals surface area contributed by atoms with Gasteiger partial charge < -0.3 is 5.73 Å². The van der Waals surface area contributed by atoms with Crippen molar-refractivity contribution in [2.24, 2.45) is 5.73 Å². The largest absolute Gasteiger partial charge is 0.366 e. The lowest BCUT2D eigenvalue weighted by Crippen LogP contribution is -2.13. The molecule has 0 fully saturated rings. The highest BCUT2D eigenvalue weighted by Gasteiger charge is 2.19. The van der Waals surface area contributed by atoms with Gasteiger partial charge in [0, 0.05) is 28.9 Å². The number of pyridine rings is 1. The number of fused-ring (bicyclic) bond motifs is 1. The minimum atomic E-state index is -0.559. The van der Waals surface area contributed by atoms with E-state index in [1.165, 1.54) is 6.20 Å². The summed E-state index contributed by atoms with van der Waals surface area (Å²) in [6.07, 6.45) is 3.08. The second-order valence-corrected chi connectivity index (χ2v) is 6.40. The van der Waals surface area contributed by atoms with Gasteiger partial charge in [-0.1, -0.05) is 30.3 Å². The molecule has 5 rings (SSSR count). The molecule has 0 aliphatic carbocycles. The maximum absolute atomic E-state index is 12.0. The number of amides is 1. The smallest absolute Gasteiger partial charge is 0.250 e. The highest BCUT2D eigenvalue weighted by atomic mass is 16.1. The number of benzene rings is 2. The van der Waals surface area contributed by atoms with Gasteiger partial charge in [-0.05, 0) is 34.5 Å². The van der Waals surface area contributed by atoms with E-state index < -0.39 is 5.91 Å². The highest BCUT2D eigenvalue weighted by Crippen LogP contribution is 2.38. The predicted octanol–water partition coefficient (Wildman–Crippen LogP) is 2.57. The number of aromatic nitrogens is 7. The van der Waals surface area contributed by atoms with Gasteiger partial charge in [0.15, 0.2) is 0 Å². The molecule has 0 atom stereocenters. The summed E-state index contributed by atoms with van der Waals surface area (Å²) >= 11 is 0. The fraction of sp³-hybridized carbons (Fsp3) is 0. The number of para-hydroxylation sites is 1. The molecule has 0 radical (unpaired) electrons. The number of hydrogen-bond donors (Lipinski definition) is 3. The van der Waals surface area contributed by atoms with Gasteiger partial charge in [-0.15, -0.1) is 10.2 Å². The summed E-state index contributed by atoms with van der Waals surface area (Å²) in [5, 5.41) is 22.7. The fourth-order valence-corrected chi connectivity index (χ4v) is 3.39. The number of nitrogens with zero attached hydrogens (tertiary/aromatic N) is 5. The molecule has 9 heteroatoms. The number of nitrogens with one attached hydrogen (secondary N) is 2. The molecule has 29 heavy (non-hydrogen) atoms. The molecule has 0 saturated carbocycles. The van der Waals surface area contributed by atoms with Crippen LogP contribution in [0.25, 0.3) is 44.7 Å². The maximum atomic E-state index is 12.0. The van der Waals surface area contributed by atoms with E-state index >= 15 is 0 Å². The van der Waals surface area contributed by atoms with Crippen molar-refractivity contribution in [2.75, 3.05) is 0 Å². The Morgan fingerprint density at radius 2 is 1.86 bits per heavy atom. The van der Waals surface area contributed by atoms with Crippen molar-refractivity contribution < 1.29 is 4.79 Å². The van der Waals surface area contributed by atoms with Crippen molar-refractivity contribution in [3.05, 3.63) is 66.5 Å². The van der Waals surface area contributed by atoms with Gasteiger partial charge in [0.05, 0.1) is 11.1 Å². The zero-order valence-corrected chi connectivity index (χ0v) is 15.0. The van der Waals surface area contributed by atoms with Crippen LogP contribution >= 0.6 is 0 Å². The Balaban J connectivity index is 1.81. The minimum Gasteiger partial charge on any atom is -0.366 e. The van der Waals surface area contributed by atoms with Crippen LogP contribution in [0, 0.1) is 0 Å². The van der Waals surface area contributed by atoms with Gasteiger partial charge >= 0.3 is 0 Å². The first kappa shape index (κ1) is 16.8. The zero-order valence-electron chi connectivity index (χ0n) is 15.0. The van der Waals surface area contributed by atoms with E-state index in [1.807, 2.05) is 42.5 Å². The number of aromatic amines is 2. The van der Waals surface area contributed by atoms with E-state index in [-0.39, 0.29) is 0 Å². The lowest BCUT2D eigenvalue weighted by atomic mass is 9.92. The molecule has 9 nitrogen and oxygen atoms in total. The standard InChI is InChI=1S/C20H14N8O/c21-19(29)16-10-22-8-7-12(16)15-9-11(20-25-27-28-26-20)5-6-13(15)18-14-3-1-2-4-17(14)23-24-18/h1-10H,(H2,21,29)(H,23,24)(H,25,26,27,28). The second-order valence-electron chi connectivity index (χ2n) is 6.40. The van der Waals surface area contributed by atoms with Gasteiger partial charge in [0.1, 0.15) is 5.69 Å². The molecule has 0 aliphatic rings. The van der Waals surface area contributed by atoms with Crippen molar-refractivity contribution >= 4 is 16.8 Å². The summed E-state index contributed by atoms with van der Waals surface area (Å²) in [6.45, 7) is 0. The quantitative estimate of drug-likeness (QED) is 0.436. The van der Waals surface area contributed by atoms with Crippen LogP contribution in [0.1, 0.15) is 10.4 Å². The molecule has 0 unspecified atom stereocenters. The summed E-state index contributed by atoms with van der Waals surface area (Å²) in [5.41, 5.74) is 10.6. The molecule has 4 N–H and O–H groups in total. The molecule has 0 bridgehead atoms. The van der Waals surface area contributed by atoms with Crippen LogP contribution < -0.4 is 5.73 Å². The van der Waals surface area contributed by atoms with Crippen LogP contribution in [0.4, 0.5) is 0 Å². The second kappa shape index (κ2) is 6.64. The van der Waals surface area contributed by atoms with Crippen LogP contribution in [0.2, 0.25) is 0 Å². The molecular formula is C20H14N8O. The number of carbonyl (C=O) groups is 1. The molecule has 0 saturated heterocycles. The first-order valence-electron chi connectivity index (χ1n) is 8.78. The topological polar surface area (TPSA) is 139 Å². The Morgan fingerprint density at radius 3 is 2.69 bits per heavy atom. The summed E-state index contributed by atoms with van der Waals surface area (Å²) in [5.74, 6) is -0.115. The van der Waals surface area contributed by atoms with Gasteiger partial charge in [-0.3, -0.25) is 14.9 Å². The number of H-pyrrole nitrogens is 2. The first-order chi connectivity index (χ1) is 14.2. The van der Waals surface area contributed by atoms with E-state index in [4.69, 9.17) is 5.73 Å². The molecule has 3 aromatic heterocycles. The van der Waals surface area contributed by atoms with E-state index in [2.05, 4.69) is 35.8 Å². The van der Waals surface area contributed by atoms with E-state index in [1.54, 1.807) is 12.3 Å². The van der Waals surface area contributed by atoms with Gasteiger partial charge in [0.2, 0.25) is 5.82 Å². The van der Waals surface area contributed by atoms with Crippen LogP contribution in [0.5, 0.6) is 0 Å². The number of carbonyl (C=O) groups excluding carboxylic acids is 1. The molecule has 1 amide bonds. The SMILES string of the molecule is NC(=O)c1cnccc1-c1cc(-c2nn[nH]n2)ccc1-c1n[nH]c2ccccc12. The Bertz CT molecular complexity index is 1340. The van der Waals surface area contributed by atoms with Gasteiger partial charge in [-0.25, -0.2) is 0 Å². The number of nitrogens with two attached hydrogens (primary N) is 1. The third kappa shape index (κ3) is 2.81. The average Bonchev–Trinajstić information content (AvgIpc) is 3.43. The summed E-state index contributed by atoms with van der Waals surface area (Å²) < 4.78 is 0. The normalized spacial score (nSPS) is 11.0. The van der Waals surface area contributed by atoms with Crippen LogP contribution in [-0.4, -0.2) is 41.7 Å². The van der Waals surface area contributed by atoms with E-state index in [0.29, 0.717) is 17.0 Å².